The minimum atomic E-state index is 0.196. The summed E-state index contributed by atoms with van der Waals surface area (Å²) in [6, 6.07) is 0. The van der Waals surface area contributed by atoms with Crippen LogP contribution in [0.2, 0.25) is 0 Å². The van der Waals surface area contributed by atoms with Crippen molar-refractivity contribution in [3.05, 3.63) is 17.9 Å². The van der Waals surface area contributed by atoms with Crippen molar-refractivity contribution < 1.29 is 5.11 Å². The highest BCUT2D eigenvalue weighted by molar-refractivity contribution is 6.17. The molecule has 0 unspecified atom stereocenters. The second kappa shape index (κ2) is 7.77. The normalized spacial score (nSPS) is 8.22. The molecular formula is C7H11ClO. The first-order valence-corrected chi connectivity index (χ1v) is 3.51. The Kier molecular flexibility index (Phi) is 7.57. The molecule has 0 fully saturated rings. The van der Waals surface area contributed by atoms with Crippen LogP contribution in [0.1, 0.15) is 12.8 Å². The molecular weight excluding hydrogens is 136 g/mol. The van der Waals surface area contributed by atoms with E-state index in [-0.39, 0.29) is 6.61 Å². The SMILES string of the molecule is OCCC=C=CCCCl. The van der Waals surface area contributed by atoms with Gasteiger partial charge in [-0.15, -0.1) is 17.3 Å². The molecule has 0 aromatic heterocycles. The quantitative estimate of drug-likeness (QED) is 0.473. The summed E-state index contributed by atoms with van der Waals surface area (Å²) in [5, 5.41) is 8.31. The zero-order valence-electron chi connectivity index (χ0n) is 5.31. The fraction of sp³-hybridized carbons (Fsp3) is 0.571. The highest BCUT2D eigenvalue weighted by Crippen LogP contribution is 1.84. The Balaban J connectivity index is 3.18. The van der Waals surface area contributed by atoms with Gasteiger partial charge in [-0.05, 0) is 25.0 Å². The van der Waals surface area contributed by atoms with Gasteiger partial charge in [-0.3, -0.25) is 0 Å². The lowest BCUT2D eigenvalue weighted by atomic mass is 10.4. The second-order valence-electron chi connectivity index (χ2n) is 1.56. The van der Waals surface area contributed by atoms with E-state index in [1.54, 1.807) is 6.08 Å². The van der Waals surface area contributed by atoms with E-state index in [0.29, 0.717) is 12.3 Å². The van der Waals surface area contributed by atoms with Gasteiger partial charge < -0.3 is 5.11 Å². The van der Waals surface area contributed by atoms with Crippen molar-refractivity contribution in [1.82, 2.24) is 0 Å². The van der Waals surface area contributed by atoms with E-state index in [1.807, 2.05) is 6.08 Å². The molecule has 9 heavy (non-hydrogen) atoms. The largest absolute Gasteiger partial charge is 0.396 e. The lowest BCUT2D eigenvalue weighted by Gasteiger charge is -1.77. The van der Waals surface area contributed by atoms with Crippen molar-refractivity contribution >= 4 is 11.6 Å². The van der Waals surface area contributed by atoms with E-state index in [9.17, 15) is 0 Å². The predicted octanol–water partition coefficient (Wildman–Crippen LogP) is 1.71. The summed E-state index contributed by atoms with van der Waals surface area (Å²) < 4.78 is 0. The van der Waals surface area contributed by atoms with Crippen molar-refractivity contribution in [2.24, 2.45) is 0 Å². The number of hydrogen-bond donors (Lipinski definition) is 1. The maximum absolute atomic E-state index is 8.31. The molecule has 0 aliphatic carbocycles. The first-order valence-electron chi connectivity index (χ1n) is 2.98. The van der Waals surface area contributed by atoms with Crippen LogP contribution in [0.15, 0.2) is 17.9 Å². The predicted molar refractivity (Wildman–Crippen MR) is 39.7 cm³/mol. The van der Waals surface area contributed by atoms with Crippen LogP contribution >= 0.6 is 11.6 Å². The fourth-order valence-corrected chi connectivity index (χ4v) is 0.478. The summed E-state index contributed by atoms with van der Waals surface area (Å²) in [6.45, 7) is 0.196. The van der Waals surface area contributed by atoms with E-state index in [4.69, 9.17) is 16.7 Å². The maximum atomic E-state index is 8.31. The summed E-state index contributed by atoms with van der Waals surface area (Å²) in [5.74, 6) is 0.639. The monoisotopic (exact) mass is 146 g/mol. The Morgan fingerprint density at radius 2 is 2.00 bits per heavy atom. The molecule has 0 aromatic rings. The number of hydrogen-bond acceptors (Lipinski definition) is 1. The van der Waals surface area contributed by atoms with Gasteiger partial charge in [0.1, 0.15) is 0 Å². The summed E-state index contributed by atoms with van der Waals surface area (Å²) in [5.41, 5.74) is 2.89. The Morgan fingerprint density at radius 1 is 1.33 bits per heavy atom. The first kappa shape index (κ1) is 8.77. The fourth-order valence-electron chi connectivity index (χ4n) is 0.369. The van der Waals surface area contributed by atoms with Crippen LogP contribution in [0.5, 0.6) is 0 Å². The lowest BCUT2D eigenvalue weighted by Crippen LogP contribution is -1.73. The topological polar surface area (TPSA) is 20.2 Å². The maximum Gasteiger partial charge on any atom is 0.0471 e. The number of aliphatic hydroxyl groups is 1. The third-order valence-corrected chi connectivity index (χ3v) is 0.981. The lowest BCUT2D eigenvalue weighted by molar-refractivity contribution is 0.302. The van der Waals surface area contributed by atoms with Crippen LogP contribution in [0.25, 0.3) is 0 Å². The number of rotatable bonds is 4. The third kappa shape index (κ3) is 7.77. The standard InChI is InChI=1S/C7H11ClO/c8-6-4-2-1-3-5-7-9/h2-3,9H,4-7H2. The van der Waals surface area contributed by atoms with E-state index in [1.165, 1.54) is 0 Å². The molecule has 0 saturated carbocycles. The Hall–Kier alpha value is -0.230. The number of halogens is 1. The van der Waals surface area contributed by atoms with Crippen LogP contribution in [-0.2, 0) is 0 Å². The van der Waals surface area contributed by atoms with E-state index in [2.05, 4.69) is 5.73 Å². The van der Waals surface area contributed by atoms with Crippen LogP contribution < -0.4 is 0 Å². The second-order valence-corrected chi connectivity index (χ2v) is 1.94. The molecule has 0 aliphatic heterocycles. The Bertz CT molecular complexity index is 93.5. The summed E-state index contributed by atoms with van der Waals surface area (Å²) in [4.78, 5) is 0. The van der Waals surface area contributed by atoms with Crippen LogP contribution in [0.4, 0.5) is 0 Å². The van der Waals surface area contributed by atoms with Crippen molar-refractivity contribution in [1.29, 1.82) is 0 Å². The number of alkyl halides is 1. The molecule has 0 radical (unpaired) electrons. The highest BCUT2D eigenvalue weighted by Gasteiger charge is 1.70. The van der Waals surface area contributed by atoms with Crippen LogP contribution in [0, 0.1) is 0 Å². The van der Waals surface area contributed by atoms with Crippen LogP contribution in [-0.4, -0.2) is 17.6 Å². The molecule has 1 nitrogen and oxygen atoms in total. The average Bonchev–Trinajstić information content (AvgIpc) is 1.89. The minimum Gasteiger partial charge on any atom is -0.396 e. The molecule has 52 valence electrons. The molecule has 0 spiro atoms. The molecule has 0 bridgehead atoms. The van der Waals surface area contributed by atoms with Gasteiger partial charge in [0, 0.05) is 12.5 Å². The van der Waals surface area contributed by atoms with Gasteiger partial charge in [0.05, 0.1) is 0 Å². The molecule has 0 rings (SSSR count). The third-order valence-electron chi connectivity index (χ3n) is 0.763. The highest BCUT2D eigenvalue weighted by atomic mass is 35.5. The molecule has 0 saturated heterocycles. The van der Waals surface area contributed by atoms with Gasteiger partial charge in [-0.25, -0.2) is 0 Å². The Morgan fingerprint density at radius 3 is 2.56 bits per heavy atom. The molecule has 0 aliphatic rings. The summed E-state index contributed by atoms with van der Waals surface area (Å²) in [7, 11) is 0. The van der Waals surface area contributed by atoms with Gasteiger partial charge in [0.15, 0.2) is 0 Å². The van der Waals surface area contributed by atoms with Gasteiger partial charge in [0.2, 0.25) is 0 Å². The van der Waals surface area contributed by atoms with Crippen molar-refractivity contribution in [2.75, 3.05) is 12.5 Å². The first-order chi connectivity index (χ1) is 4.41. The molecule has 0 heterocycles. The smallest absolute Gasteiger partial charge is 0.0471 e. The molecule has 0 aromatic carbocycles. The molecule has 0 amide bonds. The van der Waals surface area contributed by atoms with Crippen molar-refractivity contribution in [2.45, 2.75) is 12.8 Å². The van der Waals surface area contributed by atoms with Gasteiger partial charge in [-0.2, -0.15) is 0 Å². The van der Waals surface area contributed by atoms with E-state index in [0.717, 1.165) is 6.42 Å². The average molecular weight is 147 g/mol. The van der Waals surface area contributed by atoms with Crippen molar-refractivity contribution in [3.63, 3.8) is 0 Å². The van der Waals surface area contributed by atoms with Gasteiger partial charge >= 0.3 is 0 Å². The van der Waals surface area contributed by atoms with Gasteiger partial charge in [0.25, 0.3) is 0 Å². The molecule has 2 heteroatoms. The molecule has 1 N–H and O–H groups in total. The zero-order chi connectivity index (χ0) is 6.95. The van der Waals surface area contributed by atoms with E-state index >= 15 is 0 Å². The zero-order valence-corrected chi connectivity index (χ0v) is 6.06. The summed E-state index contributed by atoms with van der Waals surface area (Å²) >= 11 is 5.38. The van der Waals surface area contributed by atoms with Crippen molar-refractivity contribution in [3.8, 4) is 0 Å². The number of aliphatic hydroxyl groups excluding tert-OH is 1. The van der Waals surface area contributed by atoms with E-state index < -0.39 is 0 Å². The van der Waals surface area contributed by atoms with Gasteiger partial charge in [-0.1, -0.05) is 0 Å². The minimum absolute atomic E-state index is 0.196. The summed E-state index contributed by atoms with van der Waals surface area (Å²) in [6.07, 6.45) is 5.19. The molecule has 0 atom stereocenters. The van der Waals surface area contributed by atoms with Crippen LogP contribution in [0.3, 0.4) is 0 Å². The Labute approximate surface area is 60.6 Å².